The molecule has 1 fully saturated rings. The fraction of sp³-hybridized carbons (Fsp3) is 0.250. The van der Waals surface area contributed by atoms with Gasteiger partial charge in [0.1, 0.15) is 16.6 Å². The Labute approximate surface area is 181 Å². The number of hydrogen-bond donors (Lipinski definition) is 1. The molecule has 0 saturated carbocycles. The molecule has 0 radical (unpaired) electrons. The smallest absolute Gasteiger partial charge is 0.286 e. The van der Waals surface area contributed by atoms with E-state index >= 15 is 0 Å². The molecule has 1 aromatic heterocycles. The molecule has 1 amide bonds. The molecule has 1 saturated heterocycles. The van der Waals surface area contributed by atoms with Crippen molar-refractivity contribution in [3.05, 3.63) is 69.7 Å². The normalized spacial score (nSPS) is 17.1. The average molecular weight is 465 g/mol. The zero-order valence-corrected chi connectivity index (χ0v) is 18.0. The van der Waals surface area contributed by atoms with Crippen LogP contribution in [0.3, 0.4) is 0 Å². The van der Waals surface area contributed by atoms with Gasteiger partial charge in [-0.3, -0.25) is 4.79 Å². The van der Waals surface area contributed by atoms with Crippen molar-refractivity contribution in [2.75, 3.05) is 11.9 Å². The lowest BCUT2D eigenvalue weighted by molar-refractivity contribution is 0.102. The summed E-state index contributed by atoms with van der Waals surface area (Å²) in [6.45, 7) is 1.87. The predicted octanol–water partition coefficient (Wildman–Crippen LogP) is 3.90. The molecule has 0 spiro atoms. The van der Waals surface area contributed by atoms with Gasteiger partial charge in [-0.05, 0) is 55.7 Å². The van der Waals surface area contributed by atoms with E-state index in [9.17, 15) is 22.0 Å². The molecule has 2 aromatic carbocycles. The minimum absolute atomic E-state index is 0.0328. The van der Waals surface area contributed by atoms with Crippen molar-refractivity contribution in [3.63, 3.8) is 0 Å². The Balaban J connectivity index is 1.58. The zero-order chi connectivity index (χ0) is 22.2. The van der Waals surface area contributed by atoms with Crippen molar-refractivity contribution in [1.29, 1.82) is 0 Å². The molecule has 31 heavy (non-hydrogen) atoms. The van der Waals surface area contributed by atoms with Crippen LogP contribution in [0.25, 0.3) is 0 Å². The van der Waals surface area contributed by atoms with Gasteiger partial charge in [0.15, 0.2) is 0 Å². The van der Waals surface area contributed by atoms with Crippen molar-refractivity contribution in [2.45, 2.75) is 30.7 Å². The van der Waals surface area contributed by atoms with Gasteiger partial charge < -0.3 is 5.32 Å². The van der Waals surface area contributed by atoms with E-state index < -0.39 is 33.6 Å². The number of halogens is 2. The highest BCUT2D eigenvalue weighted by atomic mass is 32.2. The number of nitrogens with one attached hydrogen (secondary N) is 1. The van der Waals surface area contributed by atoms with Crippen molar-refractivity contribution in [1.82, 2.24) is 14.5 Å². The molecule has 7 nitrogen and oxygen atoms in total. The Kier molecular flexibility index (Phi) is 5.82. The predicted molar refractivity (Wildman–Crippen MR) is 111 cm³/mol. The Hall–Kier alpha value is -2.76. The first-order chi connectivity index (χ1) is 14.8. The number of hydrogen-bond acceptors (Lipinski definition) is 6. The van der Waals surface area contributed by atoms with Crippen LogP contribution in [0.4, 0.5) is 14.5 Å². The summed E-state index contributed by atoms with van der Waals surface area (Å²) in [5.74, 6) is -1.69. The summed E-state index contributed by atoms with van der Waals surface area (Å²) in [7, 11) is -3.96. The van der Waals surface area contributed by atoms with Gasteiger partial charge in [-0.25, -0.2) is 17.2 Å². The van der Waals surface area contributed by atoms with Crippen LogP contribution >= 0.6 is 11.3 Å². The monoisotopic (exact) mass is 464 g/mol. The Morgan fingerprint density at radius 1 is 1.16 bits per heavy atom. The fourth-order valence-electron chi connectivity index (χ4n) is 3.46. The topological polar surface area (TPSA) is 92.3 Å². The minimum atomic E-state index is -3.96. The number of aryl methyl sites for hydroxylation is 1. The lowest BCUT2D eigenvalue weighted by Crippen LogP contribution is -2.31. The number of aromatic nitrogens is 2. The number of nitrogens with zero attached hydrogens (tertiary/aromatic N) is 3. The van der Waals surface area contributed by atoms with Gasteiger partial charge in [0.25, 0.3) is 5.91 Å². The molecule has 1 aliphatic heterocycles. The molecule has 162 valence electrons. The van der Waals surface area contributed by atoms with Gasteiger partial charge in [0.05, 0.1) is 10.9 Å². The van der Waals surface area contributed by atoms with E-state index in [0.29, 0.717) is 23.4 Å². The lowest BCUT2D eigenvalue weighted by Gasteiger charge is -2.23. The molecule has 0 unspecified atom stereocenters. The van der Waals surface area contributed by atoms with Crippen molar-refractivity contribution < 1.29 is 22.0 Å². The lowest BCUT2D eigenvalue weighted by atomic mass is 10.2. The van der Waals surface area contributed by atoms with Gasteiger partial charge in [-0.2, -0.15) is 4.31 Å². The van der Waals surface area contributed by atoms with Crippen LogP contribution in [0, 0.1) is 18.6 Å². The van der Waals surface area contributed by atoms with Crippen molar-refractivity contribution in [3.8, 4) is 0 Å². The van der Waals surface area contributed by atoms with Crippen molar-refractivity contribution >= 4 is 33.0 Å². The van der Waals surface area contributed by atoms with Gasteiger partial charge >= 0.3 is 0 Å². The Morgan fingerprint density at radius 3 is 2.71 bits per heavy atom. The number of rotatable bonds is 5. The molecule has 1 aliphatic rings. The Morgan fingerprint density at radius 2 is 1.94 bits per heavy atom. The highest BCUT2D eigenvalue weighted by Gasteiger charge is 2.39. The molecule has 1 N–H and O–H groups in total. The van der Waals surface area contributed by atoms with E-state index in [1.165, 1.54) is 40.7 Å². The van der Waals surface area contributed by atoms with Gasteiger partial charge in [-0.1, -0.05) is 23.5 Å². The number of anilines is 1. The summed E-state index contributed by atoms with van der Waals surface area (Å²) >= 11 is 0.976. The van der Waals surface area contributed by atoms with E-state index in [-0.39, 0.29) is 22.1 Å². The first-order valence-corrected chi connectivity index (χ1v) is 11.7. The molecular formula is C20H18F2N4O3S2. The highest BCUT2D eigenvalue weighted by molar-refractivity contribution is 7.89. The highest BCUT2D eigenvalue weighted by Crippen LogP contribution is 2.38. The third kappa shape index (κ3) is 4.34. The number of carbonyl (C=O) groups excluding carboxylic acids is 1. The quantitative estimate of drug-likeness (QED) is 0.618. The van der Waals surface area contributed by atoms with Gasteiger partial charge in [0, 0.05) is 12.2 Å². The number of carbonyl (C=O) groups is 1. The summed E-state index contributed by atoms with van der Waals surface area (Å²) in [5, 5.41) is 10.9. The summed E-state index contributed by atoms with van der Waals surface area (Å²) in [6.07, 6.45) is 1.11. The Bertz CT molecular complexity index is 1250. The number of amides is 1. The first-order valence-electron chi connectivity index (χ1n) is 9.44. The van der Waals surface area contributed by atoms with Crippen LogP contribution < -0.4 is 5.32 Å². The average Bonchev–Trinajstić information content (AvgIpc) is 3.39. The van der Waals surface area contributed by atoms with Gasteiger partial charge in [-0.15, -0.1) is 10.2 Å². The maximum atomic E-state index is 13.7. The maximum Gasteiger partial charge on any atom is 0.286 e. The molecule has 1 atom stereocenters. The molecule has 3 aromatic rings. The minimum Gasteiger partial charge on any atom is -0.320 e. The number of sulfonamides is 1. The standard InChI is InChI=1S/C20H18F2N4O3S2/c1-12-7-8-14(22)11-17(12)31(28,29)26-9-3-6-16(26)19-24-25-20(30-19)18(27)23-15-5-2-4-13(21)10-15/h2,4-5,7-8,10-11,16H,3,6,9H2,1H3,(H,23,27)/t16-/m1/s1. The molecule has 0 aliphatic carbocycles. The van der Waals surface area contributed by atoms with Crippen LogP contribution in [0.5, 0.6) is 0 Å². The van der Waals surface area contributed by atoms with E-state index in [1.54, 1.807) is 6.92 Å². The molecule has 4 rings (SSSR count). The summed E-state index contributed by atoms with van der Waals surface area (Å²) in [5.41, 5.74) is 0.716. The van der Waals surface area contributed by atoms with Crippen molar-refractivity contribution in [2.24, 2.45) is 0 Å². The van der Waals surface area contributed by atoms with Crippen LogP contribution in [0.1, 0.15) is 39.3 Å². The largest absolute Gasteiger partial charge is 0.320 e. The van der Waals surface area contributed by atoms with Crippen LogP contribution in [-0.2, 0) is 10.0 Å². The molecule has 11 heteroatoms. The summed E-state index contributed by atoms with van der Waals surface area (Å²) in [4.78, 5) is 12.3. The summed E-state index contributed by atoms with van der Waals surface area (Å²) in [6, 6.07) is 8.48. The van der Waals surface area contributed by atoms with Gasteiger partial charge in [0.2, 0.25) is 15.0 Å². The maximum absolute atomic E-state index is 13.7. The SMILES string of the molecule is Cc1ccc(F)cc1S(=O)(=O)N1CCC[C@@H]1c1nnc(C(=O)Nc2cccc(F)c2)s1. The van der Waals surface area contributed by atoms with E-state index in [2.05, 4.69) is 15.5 Å². The fourth-order valence-corrected chi connectivity index (χ4v) is 6.32. The molecule has 0 bridgehead atoms. The van der Waals surface area contributed by atoms with E-state index in [4.69, 9.17) is 0 Å². The van der Waals surface area contributed by atoms with Crippen LogP contribution in [0.15, 0.2) is 47.4 Å². The molecular weight excluding hydrogens is 446 g/mol. The zero-order valence-electron chi connectivity index (χ0n) is 16.4. The molecule has 2 heterocycles. The van der Waals surface area contributed by atoms with Crippen LogP contribution in [0.2, 0.25) is 0 Å². The second kappa shape index (κ2) is 8.40. The van der Waals surface area contributed by atoms with E-state index in [1.807, 2.05) is 0 Å². The van der Waals surface area contributed by atoms with E-state index in [0.717, 1.165) is 17.4 Å². The third-order valence-electron chi connectivity index (χ3n) is 4.94. The summed E-state index contributed by atoms with van der Waals surface area (Å²) < 4.78 is 54.7. The second-order valence-corrected chi connectivity index (χ2v) is 9.96. The third-order valence-corrected chi connectivity index (χ3v) is 8.02. The number of benzene rings is 2. The second-order valence-electron chi connectivity index (χ2n) is 7.09. The van der Waals surface area contributed by atoms with Crippen LogP contribution in [-0.4, -0.2) is 35.4 Å². The first kappa shape index (κ1) is 21.5.